The van der Waals surface area contributed by atoms with Crippen LogP contribution in [0.5, 0.6) is 0 Å². The Kier molecular flexibility index (Phi) is 1.55. The van der Waals surface area contributed by atoms with Gasteiger partial charge in [-0.15, -0.1) is 0 Å². The molecule has 0 aliphatic carbocycles. The largest absolute Gasteiger partial charge is 0.417 e. The summed E-state index contributed by atoms with van der Waals surface area (Å²) in [5, 5.41) is 0.918. The Morgan fingerprint density at radius 1 is 1.15 bits per heavy atom. The van der Waals surface area contributed by atoms with Crippen LogP contribution in [0.3, 0.4) is 0 Å². The highest BCUT2D eigenvalue weighted by atomic mass is 16.6. The molecule has 0 unspecified atom stereocenters. The first-order valence-electron chi connectivity index (χ1n) is 3.93. The van der Waals surface area contributed by atoms with Gasteiger partial charge in [0.15, 0.2) is 0 Å². The molecular formula is C9H11N3O. The first-order valence-corrected chi connectivity index (χ1v) is 3.93. The molecule has 0 bridgehead atoms. The number of nitrogens with two attached hydrogens (primary N) is 2. The Morgan fingerprint density at radius 2 is 1.85 bits per heavy atom. The molecule has 1 aromatic heterocycles. The summed E-state index contributed by atoms with van der Waals surface area (Å²) in [6.07, 6.45) is 1.79. The van der Waals surface area contributed by atoms with Crippen LogP contribution in [0.1, 0.15) is 0 Å². The van der Waals surface area contributed by atoms with Gasteiger partial charge in [0.2, 0.25) is 0 Å². The highest BCUT2D eigenvalue weighted by Crippen LogP contribution is 2.26. The van der Waals surface area contributed by atoms with E-state index in [1.807, 2.05) is 6.07 Å². The number of anilines is 2. The summed E-state index contributed by atoms with van der Waals surface area (Å²) in [4.78, 5) is 5.08. The zero-order valence-corrected chi connectivity index (χ0v) is 7.32. The molecule has 0 saturated carbocycles. The topological polar surface area (TPSA) is 66.2 Å². The summed E-state index contributed by atoms with van der Waals surface area (Å²) >= 11 is 0. The van der Waals surface area contributed by atoms with Crippen molar-refractivity contribution in [1.82, 2.24) is 4.73 Å². The number of fused-ring (bicyclic) bond motifs is 1. The molecule has 4 nitrogen and oxygen atoms in total. The van der Waals surface area contributed by atoms with Gasteiger partial charge in [0, 0.05) is 17.3 Å². The van der Waals surface area contributed by atoms with Gasteiger partial charge in [-0.05, 0) is 18.2 Å². The van der Waals surface area contributed by atoms with Crippen LogP contribution in [0.15, 0.2) is 24.4 Å². The van der Waals surface area contributed by atoms with Crippen LogP contribution < -0.4 is 16.3 Å². The smallest absolute Gasteiger partial charge is 0.112 e. The lowest BCUT2D eigenvalue weighted by molar-refractivity contribution is 0.179. The zero-order valence-electron chi connectivity index (χ0n) is 7.32. The van der Waals surface area contributed by atoms with Crippen molar-refractivity contribution in [3.05, 3.63) is 24.4 Å². The quantitative estimate of drug-likeness (QED) is 0.635. The Bertz CT molecular complexity index is 447. The number of rotatable bonds is 1. The van der Waals surface area contributed by atoms with Crippen molar-refractivity contribution in [3.8, 4) is 0 Å². The maximum atomic E-state index is 5.79. The molecular weight excluding hydrogens is 166 g/mol. The molecule has 0 aliphatic rings. The van der Waals surface area contributed by atoms with E-state index in [0.29, 0.717) is 11.4 Å². The Morgan fingerprint density at radius 3 is 2.54 bits per heavy atom. The maximum absolute atomic E-state index is 5.79. The van der Waals surface area contributed by atoms with Gasteiger partial charge in [0.25, 0.3) is 0 Å². The van der Waals surface area contributed by atoms with E-state index in [-0.39, 0.29) is 0 Å². The number of benzene rings is 1. The van der Waals surface area contributed by atoms with Crippen molar-refractivity contribution in [3.63, 3.8) is 0 Å². The van der Waals surface area contributed by atoms with Crippen LogP contribution in [0.25, 0.3) is 10.9 Å². The fourth-order valence-corrected chi connectivity index (χ4v) is 1.43. The number of nitrogen functional groups attached to an aromatic ring is 2. The van der Waals surface area contributed by atoms with Crippen LogP contribution >= 0.6 is 0 Å². The van der Waals surface area contributed by atoms with Crippen LogP contribution in [0.2, 0.25) is 0 Å². The van der Waals surface area contributed by atoms with Gasteiger partial charge in [0.05, 0.1) is 5.69 Å². The molecule has 68 valence electrons. The van der Waals surface area contributed by atoms with Gasteiger partial charge in [0.1, 0.15) is 12.6 Å². The van der Waals surface area contributed by atoms with Crippen LogP contribution in [0.4, 0.5) is 11.4 Å². The van der Waals surface area contributed by atoms with Crippen molar-refractivity contribution < 1.29 is 4.84 Å². The van der Waals surface area contributed by atoms with E-state index in [1.165, 1.54) is 0 Å². The lowest BCUT2D eigenvalue weighted by Gasteiger charge is -2.05. The van der Waals surface area contributed by atoms with Gasteiger partial charge in [-0.25, -0.2) is 0 Å². The van der Waals surface area contributed by atoms with Gasteiger partial charge in [-0.3, -0.25) is 0 Å². The van der Waals surface area contributed by atoms with E-state index in [2.05, 4.69) is 0 Å². The summed E-state index contributed by atoms with van der Waals surface area (Å²) < 4.78 is 1.60. The summed E-state index contributed by atoms with van der Waals surface area (Å²) in [7, 11) is 1.59. The SMILES string of the molecule is COn1ccc2c(N)ccc(N)c21. The minimum atomic E-state index is 0.663. The molecule has 0 saturated heterocycles. The predicted molar refractivity (Wildman–Crippen MR) is 53.3 cm³/mol. The first-order chi connectivity index (χ1) is 6.24. The average Bonchev–Trinajstić information content (AvgIpc) is 2.56. The second-order valence-corrected chi connectivity index (χ2v) is 2.83. The Balaban J connectivity index is 2.87. The molecule has 0 amide bonds. The molecule has 2 rings (SSSR count). The van der Waals surface area contributed by atoms with Crippen LogP contribution in [0, 0.1) is 0 Å². The van der Waals surface area contributed by atoms with E-state index in [0.717, 1.165) is 10.9 Å². The lowest BCUT2D eigenvalue weighted by Crippen LogP contribution is -2.05. The highest BCUT2D eigenvalue weighted by Gasteiger charge is 2.06. The fourth-order valence-electron chi connectivity index (χ4n) is 1.43. The van der Waals surface area contributed by atoms with E-state index in [9.17, 15) is 0 Å². The Hall–Kier alpha value is -1.84. The third-order valence-corrected chi connectivity index (χ3v) is 2.08. The van der Waals surface area contributed by atoms with Crippen LogP contribution in [-0.2, 0) is 0 Å². The van der Waals surface area contributed by atoms with Gasteiger partial charge in [-0.1, -0.05) is 0 Å². The van der Waals surface area contributed by atoms with Crippen molar-refractivity contribution in [2.75, 3.05) is 18.6 Å². The molecule has 0 spiro atoms. The third-order valence-electron chi connectivity index (χ3n) is 2.08. The molecule has 0 radical (unpaired) electrons. The first kappa shape index (κ1) is 7.79. The number of nitrogens with zero attached hydrogens (tertiary/aromatic N) is 1. The fraction of sp³-hybridized carbons (Fsp3) is 0.111. The predicted octanol–water partition coefficient (Wildman–Crippen LogP) is 0.864. The van der Waals surface area contributed by atoms with Crippen molar-refractivity contribution in [2.45, 2.75) is 0 Å². The van der Waals surface area contributed by atoms with Crippen molar-refractivity contribution in [1.29, 1.82) is 0 Å². The summed E-state index contributed by atoms with van der Waals surface area (Å²) in [6.45, 7) is 0. The minimum Gasteiger partial charge on any atom is -0.417 e. The summed E-state index contributed by atoms with van der Waals surface area (Å²) in [5.41, 5.74) is 13.8. The van der Waals surface area contributed by atoms with E-state index in [1.54, 1.807) is 30.2 Å². The molecule has 13 heavy (non-hydrogen) atoms. The molecule has 1 heterocycles. The highest BCUT2D eigenvalue weighted by molar-refractivity contribution is 5.98. The molecule has 0 aliphatic heterocycles. The second kappa shape index (κ2) is 2.58. The van der Waals surface area contributed by atoms with Crippen molar-refractivity contribution >= 4 is 22.3 Å². The standard InChI is InChI=1S/C9H11N3O/c1-13-12-5-4-6-7(10)2-3-8(11)9(6)12/h2-5H,10-11H2,1H3. The summed E-state index contributed by atoms with van der Waals surface area (Å²) in [5.74, 6) is 0. The maximum Gasteiger partial charge on any atom is 0.112 e. The number of aromatic nitrogens is 1. The molecule has 2 aromatic rings. The summed E-state index contributed by atoms with van der Waals surface area (Å²) in [6, 6.07) is 5.44. The van der Waals surface area contributed by atoms with Crippen LogP contribution in [-0.4, -0.2) is 11.8 Å². The molecule has 4 heteroatoms. The van der Waals surface area contributed by atoms with E-state index >= 15 is 0 Å². The van der Waals surface area contributed by atoms with Crippen molar-refractivity contribution in [2.24, 2.45) is 0 Å². The number of hydrogen-bond acceptors (Lipinski definition) is 3. The average molecular weight is 177 g/mol. The van der Waals surface area contributed by atoms with Gasteiger partial charge in [-0.2, -0.15) is 4.73 Å². The van der Waals surface area contributed by atoms with E-state index in [4.69, 9.17) is 16.3 Å². The Labute approximate surface area is 75.6 Å². The third kappa shape index (κ3) is 0.989. The normalized spacial score (nSPS) is 10.5. The molecule has 0 fully saturated rings. The number of hydrogen-bond donors (Lipinski definition) is 2. The van der Waals surface area contributed by atoms with E-state index < -0.39 is 0 Å². The molecule has 4 N–H and O–H groups in total. The van der Waals surface area contributed by atoms with Gasteiger partial charge < -0.3 is 16.3 Å². The molecule has 0 atom stereocenters. The molecule has 1 aromatic carbocycles. The second-order valence-electron chi connectivity index (χ2n) is 2.83. The monoisotopic (exact) mass is 177 g/mol. The minimum absolute atomic E-state index is 0.663. The zero-order chi connectivity index (χ0) is 9.42. The lowest BCUT2D eigenvalue weighted by atomic mass is 10.2. The van der Waals surface area contributed by atoms with Gasteiger partial charge >= 0.3 is 0 Å².